The van der Waals surface area contributed by atoms with E-state index in [2.05, 4.69) is 16.0 Å². The summed E-state index contributed by atoms with van der Waals surface area (Å²) in [6.07, 6.45) is 2.09. The fraction of sp³-hybridized carbons (Fsp3) is 0.385. The maximum atomic E-state index is 11.5. The van der Waals surface area contributed by atoms with Crippen LogP contribution in [0.2, 0.25) is 0 Å². The molecule has 1 aromatic carbocycles. The van der Waals surface area contributed by atoms with Crippen LogP contribution in [0.4, 0.5) is 10.5 Å². The van der Waals surface area contributed by atoms with Crippen LogP contribution in [0.3, 0.4) is 0 Å². The molecule has 3 N–H and O–H groups in total. The Morgan fingerprint density at radius 1 is 1.22 bits per heavy atom. The number of carbonyl (C=O) groups excluding carboxylic acids is 2. The zero-order valence-electron chi connectivity index (χ0n) is 10.3. The fourth-order valence-corrected chi connectivity index (χ4v) is 1.48. The van der Waals surface area contributed by atoms with Crippen LogP contribution in [0.5, 0.6) is 0 Å². The summed E-state index contributed by atoms with van der Waals surface area (Å²) in [7, 11) is 0. The second kappa shape index (κ2) is 5.53. The molecule has 0 saturated heterocycles. The highest BCUT2D eigenvalue weighted by Crippen LogP contribution is 2.18. The van der Waals surface area contributed by atoms with E-state index in [0.717, 1.165) is 18.4 Å². The summed E-state index contributed by atoms with van der Waals surface area (Å²) in [6, 6.07) is 7.41. The van der Waals surface area contributed by atoms with E-state index in [-0.39, 0.29) is 18.5 Å². The van der Waals surface area contributed by atoms with Crippen LogP contribution in [0.15, 0.2) is 24.3 Å². The van der Waals surface area contributed by atoms with Gasteiger partial charge >= 0.3 is 6.03 Å². The van der Waals surface area contributed by atoms with Gasteiger partial charge in [-0.2, -0.15) is 0 Å². The number of benzene rings is 1. The van der Waals surface area contributed by atoms with Crippen molar-refractivity contribution in [2.24, 2.45) is 0 Å². The predicted molar refractivity (Wildman–Crippen MR) is 69.4 cm³/mol. The number of hydrogen-bond acceptors (Lipinski definition) is 2. The Hall–Kier alpha value is -2.04. The lowest BCUT2D eigenvalue weighted by molar-refractivity contribution is -0.120. The molecule has 0 aliphatic heterocycles. The molecule has 5 nitrogen and oxygen atoms in total. The quantitative estimate of drug-likeness (QED) is 0.752. The number of hydrogen-bond donors (Lipinski definition) is 3. The summed E-state index contributed by atoms with van der Waals surface area (Å²) in [5.74, 6) is -0.142. The Labute approximate surface area is 106 Å². The van der Waals surface area contributed by atoms with E-state index in [1.165, 1.54) is 0 Å². The smallest absolute Gasteiger partial charge is 0.319 e. The summed E-state index contributed by atoms with van der Waals surface area (Å²) in [4.78, 5) is 22.8. The lowest BCUT2D eigenvalue weighted by Gasteiger charge is -2.08. The third-order valence-electron chi connectivity index (χ3n) is 2.66. The number of aryl methyl sites for hydroxylation is 1. The van der Waals surface area contributed by atoms with Crippen molar-refractivity contribution >= 4 is 17.6 Å². The Morgan fingerprint density at radius 3 is 2.50 bits per heavy atom. The van der Waals surface area contributed by atoms with E-state index < -0.39 is 0 Å². The Balaban J connectivity index is 1.70. The molecule has 0 atom stereocenters. The molecule has 96 valence electrons. The average molecular weight is 247 g/mol. The normalized spacial score (nSPS) is 13.8. The van der Waals surface area contributed by atoms with Gasteiger partial charge in [0.05, 0.1) is 6.54 Å². The van der Waals surface area contributed by atoms with Gasteiger partial charge in [0.25, 0.3) is 0 Å². The van der Waals surface area contributed by atoms with Crippen LogP contribution in [-0.2, 0) is 4.79 Å². The highest BCUT2D eigenvalue weighted by Gasteiger charge is 2.23. The highest BCUT2D eigenvalue weighted by atomic mass is 16.2. The van der Waals surface area contributed by atoms with Gasteiger partial charge in [0.15, 0.2) is 0 Å². The minimum Gasteiger partial charge on any atom is -0.352 e. The van der Waals surface area contributed by atoms with Gasteiger partial charge < -0.3 is 16.0 Å². The predicted octanol–water partition coefficient (Wildman–Crippen LogP) is 1.40. The van der Waals surface area contributed by atoms with E-state index in [0.29, 0.717) is 11.7 Å². The van der Waals surface area contributed by atoms with Crippen molar-refractivity contribution in [1.29, 1.82) is 0 Å². The second-order valence-corrected chi connectivity index (χ2v) is 4.52. The van der Waals surface area contributed by atoms with Crippen LogP contribution in [0.25, 0.3) is 0 Å². The van der Waals surface area contributed by atoms with Crippen LogP contribution in [0, 0.1) is 6.92 Å². The highest BCUT2D eigenvalue weighted by molar-refractivity contribution is 5.92. The van der Waals surface area contributed by atoms with Gasteiger partial charge in [0.2, 0.25) is 5.91 Å². The van der Waals surface area contributed by atoms with Crippen molar-refractivity contribution < 1.29 is 9.59 Å². The molecule has 0 spiro atoms. The minimum atomic E-state index is -0.371. The number of amides is 3. The molecule has 0 heterocycles. The van der Waals surface area contributed by atoms with Gasteiger partial charge in [-0.15, -0.1) is 0 Å². The number of urea groups is 1. The summed E-state index contributed by atoms with van der Waals surface area (Å²) in [6.45, 7) is 1.99. The topological polar surface area (TPSA) is 70.2 Å². The van der Waals surface area contributed by atoms with E-state index >= 15 is 0 Å². The average Bonchev–Trinajstić information content (AvgIpc) is 3.13. The van der Waals surface area contributed by atoms with E-state index in [1.54, 1.807) is 0 Å². The van der Waals surface area contributed by atoms with Crippen LogP contribution >= 0.6 is 0 Å². The van der Waals surface area contributed by atoms with Gasteiger partial charge in [0, 0.05) is 11.7 Å². The lowest BCUT2D eigenvalue weighted by atomic mass is 10.2. The monoisotopic (exact) mass is 247 g/mol. The van der Waals surface area contributed by atoms with Gasteiger partial charge in [0.1, 0.15) is 0 Å². The van der Waals surface area contributed by atoms with E-state index in [4.69, 9.17) is 0 Å². The molecule has 0 radical (unpaired) electrons. The lowest BCUT2D eigenvalue weighted by Crippen LogP contribution is -2.39. The largest absolute Gasteiger partial charge is 0.352 e. The first kappa shape index (κ1) is 12.4. The van der Waals surface area contributed by atoms with Crippen molar-refractivity contribution in [1.82, 2.24) is 10.6 Å². The molecule has 0 unspecified atom stereocenters. The molecule has 0 bridgehead atoms. The molecule has 0 aromatic heterocycles. The van der Waals surface area contributed by atoms with Crippen molar-refractivity contribution in [3.63, 3.8) is 0 Å². The molecule has 5 heteroatoms. The van der Waals surface area contributed by atoms with E-state index in [1.807, 2.05) is 31.2 Å². The fourth-order valence-electron chi connectivity index (χ4n) is 1.48. The second-order valence-electron chi connectivity index (χ2n) is 4.52. The third kappa shape index (κ3) is 4.08. The maximum absolute atomic E-state index is 11.5. The molecule has 1 saturated carbocycles. The zero-order chi connectivity index (χ0) is 13.0. The summed E-state index contributed by atoms with van der Waals surface area (Å²) < 4.78 is 0. The Kier molecular flexibility index (Phi) is 3.82. The Morgan fingerprint density at radius 2 is 1.89 bits per heavy atom. The standard InChI is InChI=1S/C13H17N3O2/c1-9-2-4-11(5-3-9)16-13(18)14-8-12(17)15-10-6-7-10/h2-5,10H,6-8H2,1H3,(H,15,17)(H2,14,16,18). The van der Waals surface area contributed by atoms with Crippen molar-refractivity contribution in [3.8, 4) is 0 Å². The van der Waals surface area contributed by atoms with Crippen molar-refractivity contribution in [2.75, 3.05) is 11.9 Å². The Bertz CT molecular complexity index is 438. The molecule has 18 heavy (non-hydrogen) atoms. The van der Waals surface area contributed by atoms with Crippen molar-refractivity contribution in [3.05, 3.63) is 29.8 Å². The molecule has 1 aliphatic rings. The number of anilines is 1. The first-order valence-electron chi connectivity index (χ1n) is 6.04. The van der Waals surface area contributed by atoms with Crippen LogP contribution < -0.4 is 16.0 Å². The maximum Gasteiger partial charge on any atom is 0.319 e. The summed E-state index contributed by atoms with van der Waals surface area (Å²) in [5, 5.41) is 7.98. The van der Waals surface area contributed by atoms with Crippen molar-refractivity contribution in [2.45, 2.75) is 25.8 Å². The summed E-state index contributed by atoms with van der Waals surface area (Å²) >= 11 is 0. The van der Waals surface area contributed by atoms with Gasteiger partial charge in [-0.25, -0.2) is 4.79 Å². The minimum absolute atomic E-state index is 0.00813. The van der Waals surface area contributed by atoms with E-state index in [9.17, 15) is 9.59 Å². The number of carbonyl (C=O) groups is 2. The molecule has 1 fully saturated rings. The summed E-state index contributed by atoms with van der Waals surface area (Å²) in [5.41, 5.74) is 1.84. The van der Waals surface area contributed by atoms with Crippen LogP contribution in [-0.4, -0.2) is 24.5 Å². The van der Waals surface area contributed by atoms with Gasteiger partial charge in [-0.1, -0.05) is 17.7 Å². The molecule has 3 amide bonds. The van der Waals surface area contributed by atoms with Crippen LogP contribution in [0.1, 0.15) is 18.4 Å². The first-order chi connectivity index (χ1) is 8.63. The molecular weight excluding hydrogens is 230 g/mol. The van der Waals surface area contributed by atoms with Gasteiger partial charge in [-0.05, 0) is 31.9 Å². The molecular formula is C13H17N3O2. The molecule has 2 rings (SSSR count). The SMILES string of the molecule is Cc1ccc(NC(=O)NCC(=O)NC2CC2)cc1. The third-order valence-corrected chi connectivity index (χ3v) is 2.66. The number of rotatable bonds is 4. The molecule has 1 aliphatic carbocycles. The molecule has 1 aromatic rings. The van der Waals surface area contributed by atoms with Gasteiger partial charge in [-0.3, -0.25) is 4.79 Å². The number of nitrogens with one attached hydrogen (secondary N) is 3. The first-order valence-corrected chi connectivity index (χ1v) is 6.04. The zero-order valence-corrected chi connectivity index (χ0v) is 10.3.